The van der Waals surface area contributed by atoms with Gasteiger partial charge in [0.05, 0.1) is 12.3 Å². The number of nitrogens with zero attached hydrogens (tertiary/aromatic N) is 3. The van der Waals surface area contributed by atoms with Crippen LogP contribution in [0.4, 0.5) is 0 Å². The van der Waals surface area contributed by atoms with Crippen LogP contribution in [0.2, 0.25) is 0 Å². The van der Waals surface area contributed by atoms with Gasteiger partial charge in [-0.25, -0.2) is 0 Å². The van der Waals surface area contributed by atoms with Crippen molar-refractivity contribution in [3.8, 4) is 5.75 Å². The highest BCUT2D eigenvalue weighted by Gasteiger charge is 2.18. The molecule has 2 heterocycles. The van der Waals surface area contributed by atoms with Gasteiger partial charge in [0.2, 0.25) is 5.43 Å². The lowest BCUT2D eigenvalue weighted by molar-refractivity contribution is 0.144. The molecular formula is C13H21N3O3. The first-order valence-electron chi connectivity index (χ1n) is 6.45. The van der Waals surface area contributed by atoms with E-state index < -0.39 is 5.43 Å². The van der Waals surface area contributed by atoms with Gasteiger partial charge in [0.25, 0.3) is 0 Å². The molecule has 0 spiro atoms. The maximum atomic E-state index is 11.7. The molecule has 2 rings (SSSR count). The van der Waals surface area contributed by atoms with Crippen molar-refractivity contribution >= 4 is 0 Å². The Kier molecular flexibility index (Phi) is 4.24. The third-order valence-electron chi connectivity index (χ3n) is 3.77. The molecule has 1 saturated heterocycles. The number of hydrogen-bond acceptors (Lipinski definition) is 5. The van der Waals surface area contributed by atoms with Crippen LogP contribution < -0.4 is 5.43 Å². The van der Waals surface area contributed by atoms with E-state index in [-0.39, 0.29) is 12.4 Å². The second kappa shape index (κ2) is 5.73. The molecule has 6 heteroatoms. The average molecular weight is 267 g/mol. The Labute approximate surface area is 112 Å². The summed E-state index contributed by atoms with van der Waals surface area (Å²) >= 11 is 0. The Hall–Kier alpha value is -1.37. The Morgan fingerprint density at radius 2 is 1.84 bits per heavy atom. The molecule has 106 valence electrons. The van der Waals surface area contributed by atoms with Gasteiger partial charge in [0.15, 0.2) is 5.75 Å². The summed E-state index contributed by atoms with van der Waals surface area (Å²) in [7, 11) is 3.84. The summed E-state index contributed by atoms with van der Waals surface area (Å²) in [6.07, 6.45) is 0. The second-order valence-corrected chi connectivity index (χ2v) is 5.09. The first-order chi connectivity index (χ1) is 9.02. The third kappa shape index (κ3) is 2.97. The molecule has 0 bridgehead atoms. The summed E-state index contributed by atoms with van der Waals surface area (Å²) in [6.45, 7) is 4.10. The molecule has 0 atom stereocenters. The van der Waals surface area contributed by atoms with Crippen LogP contribution in [0.5, 0.6) is 5.75 Å². The molecule has 1 aromatic heterocycles. The van der Waals surface area contributed by atoms with Crippen molar-refractivity contribution in [2.24, 2.45) is 7.05 Å². The minimum atomic E-state index is -0.425. The van der Waals surface area contributed by atoms with E-state index in [0.717, 1.165) is 26.2 Å². The molecule has 1 aliphatic rings. The molecule has 6 nitrogen and oxygen atoms in total. The zero-order valence-corrected chi connectivity index (χ0v) is 11.5. The number of pyridine rings is 1. The first kappa shape index (κ1) is 14.0. The van der Waals surface area contributed by atoms with E-state index >= 15 is 0 Å². The lowest BCUT2D eigenvalue weighted by Gasteiger charge is -2.33. The van der Waals surface area contributed by atoms with Gasteiger partial charge in [-0.05, 0) is 7.05 Å². The molecule has 1 aliphatic heterocycles. The van der Waals surface area contributed by atoms with Gasteiger partial charge in [-0.1, -0.05) is 0 Å². The number of likely N-dealkylation sites (N-methyl/N-ethyl adjacent to an activating group) is 1. The van der Waals surface area contributed by atoms with Crippen molar-refractivity contribution < 1.29 is 10.2 Å². The first-order valence-corrected chi connectivity index (χ1v) is 6.45. The van der Waals surface area contributed by atoms with Crippen LogP contribution in [-0.4, -0.2) is 57.8 Å². The molecule has 0 amide bonds. The Morgan fingerprint density at radius 1 is 1.21 bits per heavy atom. The Morgan fingerprint density at radius 3 is 2.42 bits per heavy atom. The largest absolute Gasteiger partial charge is 0.503 e. The molecule has 19 heavy (non-hydrogen) atoms. The molecule has 0 aromatic carbocycles. The van der Waals surface area contributed by atoms with Gasteiger partial charge in [-0.3, -0.25) is 9.69 Å². The van der Waals surface area contributed by atoms with E-state index in [1.54, 1.807) is 11.6 Å². The van der Waals surface area contributed by atoms with E-state index in [9.17, 15) is 15.0 Å². The number of aromatic nitrogens is 1. The quantitative estimate of drug-likeness (QED) is 0.760. The number of rotatable bonds is 3. The Bertz CT molecular complexity index is 505. The number of aromatic hydroxyl groups is 1. The summed E-state index contributed by atoms with van der Waals surface area (Å²) < 4.78 is 1.70. The van der Waals surface area contributed by atoms with E-state index in [0.29, 0.717) is 17.9 Å². The molecule has 1 fully saturated rings. The van der Waals surface area contributed by atoms with Crippen LogP contribution >= 0.6 is 0 Å². The van der Waals surface area contributed by atoms with Crippen LogP contribution in [0, 0.1) is 0 Å². The van der Waals surface area contributed by atoms with Crippen LogP contribution in [0.25, 0.3) is 0 Å². The summed E-state index contributed by atoms with van der Waals surface area (Å²) in [4.78, 5) is 16.1. The fourth-order valence-corrected chi connectivity index (χ4v) is 2.34. The summed E-state index contributed by atoms with van der Waals surface area (Å²) in [5.41, 5.74) is 0.666. The maximum absolute atomic E-state index is 11.7. The highest BCUT2D eigenvalue weighted by Crippen LogP contribution is 2.16. The van der Waals surface area contributed by atoms with Gasteiger partial charge in [-0.15, -0.1) is 0 Å². The fourth-order valence-electron chi connectivity index (χ4n) is 2.34. The van der Waals surface area contributed by atoms with Crippen LogP contribution in [0.1, 0.15) is 11.4 Å². The molecule has 2 N–H and O–H groups in total. The van der Waals surface area contributed by atoms with Gasteiger partial charge < -0.3 is 19.7 Å². The van der Waals surface area contributed by atoms with Crippen molar-refractivity contribution in [2.45, 2.75) is 13.2 Å². The highest BCUT2D eigenvalue weighted by atomic mass is 16.3. The summed E-state index contributed by atoms with van der Waals surface area (Å²) in [6, 6.07) is 1.28. The van der Waals surface area contributed by atoms with Gasteiger partial charge in [0, 0.05) is 51.5 Å². The van der Waals surface area contributed by atoms with Crippen molar-refractivity contribution in [1.82, 2.24) is 14.4 Å². The normalized spacial score (nSPS) is 17.8. The lowest BCUT2D eigenvalue weighted by Crippen LogP contribution is -2.44. The Balaban J connectivity index is 2.24. The highest BCUT2D eigenvalue weighted by molar-refractivity contribution is 5.29. The van der Waals surface area contributed by atoms with Crippen LogP contribution in [-0.2, 0) is 20.2 Å². The van der Waals surface area contributed by atoms with Gasteiger partial charge >= 0.3 is 0 Å². The third-order valence-corrected chi connectivity index (χ3v) is 3.77. The van der Waals surface area contributed by atoms with Crippen molar-refractivity contribution in [3.05, 3.63) is 27.7 Å². The number of hydrogen-bond donors (Lipinski definition) is 2. The number of aliphatic hydroxyl groups excluding tert-OH is 1. The molecule has 0 radical (unpaired) electrons. The van der Waals surface area contributed by atoms with Crippen molar-refractivity contribution in [3.63, 3.8) is 0 Å². The van der Waals surface area contributed by atoms with E-state index in [4.69, 9.17) is 0 Å². The van der Waals surface area contributed by atoms with E-state index in [1.165, 1.54) is 6.07 Å². The van der Waals surface area contributed by atoms with Crippen LogP contribution in [0.3, 0.4) is 0 Å². The topological polar surface area (TPSA) is 68.9 Å². The molecular weight excluding hydrogens is 246 g/mol. The molecule has 0 aliphatic carbocycles. The number of piperazine rings is 1. The molecule has 0 saturated carbocycles. The summed E-state index contributed by atoms with van der Waals surface area (Å²) in [5.74, 6) is -0.210. The standard InChI is InChI=1S/C13H21N3O3/c1-14-3-5-16(6-4-14)8-11-13(19)12(18)7-10(9-17)15(11)2/h7,17,19H,3-6,8-9H2,1-2H3. The second-order valence-electron chi connectivity index (χ2n) is 5.09. The predicted octanol–water partition coefficient (Wildman–Crippen LogP) is -0.669. The SMILES string of the molecule is CN1CCN(Cc2c(O)c(=O)cc(CO)n2C)CC1. The summed E-state index contributed by atoms with van der Waals surface area (Å²) in [5, 5.41) is 19.2. The lowest BCUT2D eigenvalue weighted by atomic mass is 10.2. The minimum absolute atomic E-state index is 0.207. The zero-order valence-electron chi connectivity index (χ0n) is 11.5. The maximum Gasteiger partial charge on any atom is 0.223 e. The van der Waals surface area contributed by atoms with Gasteiger partial charge in [-0.2, -0.15) is 0 Å². The predicted molar refractivity (Wildman–Crippen MR) is 72.0 cm³/mol. The average Bonchev–Trinajstić information content (AvgIpc) is 2.41. The van der Waals surface area contributed by atoms with Crippen molar-refractivity contribution in [2.75, 3.05) is 33.2 Å². The molecule has 0 unspecified atom stereocenters. The minimum Gasteiger partial charge on any atom is -0.503 e. The fraction of sp³-hybridized carbons (Fsp3) is 0.615. The molecule has 1 aromatic rings. The monoisotopic (exact) mass is 267 g/mol. The smallest absolute Gasteiger partial charge is 0.223 e. The number of aliphatic hydroxyl groups is 1. The zero-order chi connectivity index (χ0) is 14.0. The van der Waals surface area contributed by atoms with E-state index in [2.05, 4.69) is 16.8 Å². The van der Waals surface area contributed by atoms with Crippen LogP contribution in [0.15, 0.2) is 10.9 Å². The van der Waals surface area contributed by atoms with E-state index in [1.807, 2.05) is 0 Å². The van der Waals surface area contributed by atoms with Crippen molar-refractivity contribution in [1.29, 1.82) is 0 Å². The van der Waals surface area contributed by atoms with Gasteiger partial charge in [0.1, 0.15) is 0 Å².